The first-order valence-electron chi connectivity index (χ1n) is 16.3. The van der Waals surface area contributed by atoms with Gasteiger partial charge in [-0.15, -0.1) is 0 Å². The summed E-state index contributed by atoms with van der Waals surface area (Å²) in [5.74, 6) is 1.77. The number of thioether (sulfide) groups is 1. The van der Waals surface area contributed by atoms with Crippen molar-refractivity contribution in [1.29, 1.82) is 0 Å². The minimum absolute atomic E-state index is 0.161. The Morgan fingerprint density at radius 3 is 1.91 bits per heavy atom. The van der Waals surface area contributed by atoms with E-state index in [1.165, 1.54) is 32.1 Å². The standard InChI is InChI=1S/C35H47N5O4S/c1-45-13-12-29(39-33(42)28(36)19-22-8-4-2-5-9-22)34(43)37-21-31(41)38-30(20-23-10-6-3-7-11-23)35(44)40-32-26-15-24-14-25(17-26)18-27(32)16-24/h2-11,24-30,32H,12-21,36H2,1H3,(H,37,43)(H,38,41)(H,39,42)(H,40,44)/t24?,25?,26?,27?,28-,29+,30-,32?/m0/s1. The van der Waals surface area contributed by atoms with Crippen LogP contribution < -0.4 is 27.0 Å². The fourth-order valence-electron chi connectivity index (χ4n) is 7.76. The number of hydrogen-bond acceptors (Lipinski definition) is 6. The lowest BCUT2D eigenvalue weighted by atomic mass is 9.54. The third-order valence-corrected chi connectivity index (χ3v) is 10.4. The summed E-state index contributed by atoms with van der Waals surface area (Å²) in [6.45, 7) is -0.308. The Morgan fingerprint density at radius 2 is 1.33 bits per heavy atom. The lowest BCUT2D eigenvalue weighted by Gasteiger charge is -2.54. The summed E-state index contributed by atoms with van der Waals surface area (Å²) in [6.07, 6.45) is 9.10. The van der Waals surface area contributed by atoms with Gasteiger partial charge in [-0.3, -0.25) is 19.2 Å². The molecule has 0 aliphatic heterocycles. The zero-order chi connectivity index (χ0) is 31.8. The van der Waals surface area contributed by atoms with Gasteiger partial charge in [0.15, 0.2) is 0 Å². The van der Waals surface area contributed by atoms with E-state index in [4.69, 9.17) is 5.73 Å². The number of rotatable bonds is 15. The highest BCUT2D eigenvalue weighted by Gasteiger charge is 2.49. The minimum atomic E-state index is -0.833. The third kappa shape index (κ3) is 9.10. The average molecular weight is 634 g/mol. The first-order valence-corrected chi connectivity index (χ1v) is 17.7. The van der Waals surface area contributed by atoms with E-state index in [0.717, 1.165) is 23.0 Å². The molecule has 6 rings (SSSR count). The Balaban J connectivity index is 1.16. The topological polar surface area (TPSA) is 142 Å². The van der Waals surface area contributed by atoms with Crippen LogP contribution in [0, 0.1) is 23.7 Å². The van der Waals surface area contributed by atoms with Gasteiger partial charge in [0.1, 0.15) is 12.1 Å². The SMILES string of the molecule is CSCC[C@@H](NC(=O)[C@@H](N)Cc1ccccc1)C(=O)NCC(=O)N[C@@H](Cc1ccccc1)C(=O)NC1C2CC3CC(C2)CC1C3. The van der Waals surface area contributed by atoms with Gasteiger partial charge in [-0.25, -0.2) is 0 Å². The second-order valence-electron chi connectivity index (χ2n) is 13.1. The van der Waals surface area contributed by atoms with E-state index in [1.807, 2.05) is 66.9 Å². The highest BCUT2D eigenvalue weighted by molar-refractivity contribution is 7.98. The van der Waals surface area contributed by atoms with Crippen molar-refractivity contribution in [3.8, 4) is 0 Å². The second-order valence-corrected chi connectivity index (χ2v) is 14.1. The van der Waals surface area contributed by atoms with Crippen LogP contribution in [0.3, 0.4) is 0 Å². The Bertz CT molecular complexity index is 1280. The van der Waals surface area contributed by atoms with Gasteiger partial charge in [0, 0.05) is 12.5 Å². The molecule has 0 spiro atoms. The van der Waals surface area contributed by atoms with Crippen LogP contribution in [0.15, 0.2) is 60.7 Å². The molecule has 2 aromatic rings. The highest BCUT2D eigenvalue weighted by atomic mass is 32.2. The van der Waals surface area contributed by atoms with Crippen LogP contribution in [0.5, 0.6) is 0 Å². The van der Waals surface area contributed by atoms with Crippen LogP contribution in [0.2, 0.25) is 0 Å². The molecule has 0 radical (unpaired) electrons. The summed E-state index contributed by atoms with van der Waals surface area (Å²) in [7, 11) is 0. The number of carbonyl (C=O) groups excluding carboxylic acids is 4. The molecule has 4 amide bonds. The van der Waals surface area contributed by atoms with Crippen molar-refractivity contribution in [3.63, 3.8) is 0 Å². The van der Waals surface area contributed by atoms with E-state index in [0.29, 0.717) is 36.9 Å². The summed E-state index contributed by atoms with van der Waals surface area (Å²) in [6, 6.07) is 16.9. The van der Waals surface area contributed by atoms with Crippen molar-refractivity contribution >= 4 is 35.4 Å². The van der Waals surface area contributed by atoms with Crippen LogP contribution in [0.25, 0.3) is 0 Å². The maximum absolute atomic E-state index is 13.7. The molecule has 4 saturated carbocycles. The first kappa shape index (κ1) is 33.0. The third-order valence-electron chi connectivity index (χ3n) is 9.77. The van der Waals surface area contributed by atoms with Gasteiger partial charge in [-0.05, 0) is 91.8 Å². The summed E-state index contributed by atoms with van der Waals surface area (Å²) in [5, 5.41) is 11.7. The van der Waals surface area contributed by atoms with E-state index in [-0.39, 0.29) is 18.5 Å². The molecule has 9 nitrogen and oxygen atoms in total. The van der Waals surface area contributed by atoms with Crippen molar-refractivity contribution in [2.45, 2.75) is 75.5 Å². The van der Waals surface area contributed by atoms with Gasteiger partial charge in [-0.2, -0.15) is 11.8 Å². The largest absolute Gasteiger partial charge is 0.351 e. The number of benzene rings is 2. The van der Waals surface area contributed by atoms with Crippen LogP contribution >= 0.6 is 11.8 Å². The second kappa shape index (κ2) is 15.8. The molecule has 6 N–H and O–H groups in total. The van der Waals surface area contributed by atoms with Gasteiger partial charge in [0.2, 0.25) is 23.6 Å². The fourth-order valence-corrected chi connectivity index (χ4v) is 8.24. The number of amides is 4. The Morgan fingerprint density at radius 1 is 0.756 bits per heavy atom. The summed E-state index contributed by atoms with van der Waals surface area (Å²) in [4.78, 5) is 52.8. The zero-order valence-electron chi connectivity index (χ0n) is 26.1. The molecule has 3 atom stereocenters. The van der Waals surface area contributed by atoms with Gasteiger partial charge in [0.25, 0.3) is 0 Å². The summed E-state index contributed by atoms with van der Waals surface area (Å²) >= 11 is 1.56. The molecule has 2 aromatic carbocycles. The first-order chi connectivity index (χ1) is 21.8. The quantitative estimate of drug-likeness (QED) is 0.204. The number of hydrogen-bond donors (Lipinski definition) is 5. The lowest BCUT2D eigenvalue weighted by Crippen LogP contribution is -2.60. The smallest absolute Gasteiger partial charge is 0.243 e. The molecule has 0 aromatic heterocycles. The van der Waals surface area contributed by atoms with E-state index in [1.54, 1.807) is 11.8 Å². The van der Waals surface area contributed by atoms with Crippen molar-refractivity contribution < 1.29 is 19.2 Å². The normalized spacial score (nSPS) is 25.1. The highest BCUT2D eigenvalue weighted by Crippen LogP contribution is 2.53. The van der Waals surface area contributed by atoms with Gasteiger partial charge in [-0.1, -0.05) is 60.7 Å². The predicted octanol–water partition coefficient (Wildman–Crippen LogP) is 2.58. The Kier molecular flexibility index (Phi) is 11.6. The monoisotopic (exact) mass is 633 g/mol. The van der Waals surface area contributed by atoms with Crippen LogP contribution in [-0.4, -0.2) is 66.3 Å². The summed E-state index contributed by atoms with van der Waals surface area (Å²) in [5.41, 5.74) is 8.02. The van der Waals surface area contributed by atoms with E-state index in [2.05, 4.69) is 21.3 Å². The lowest BCUT2D eigenvalue weighted by molar-refractivity contribution is -0.132. The maximum Gasteiger partial charge on any atom is 0.243 e. The van der Waals surface area contributed by atoms with Gasteiger partial charge >= 0.3 is 0 Å². The van der Waals surface area contributed by atoms with Crippen molar-refractivity contribution in [2.24, 2.45) is 29.4 Å². The molecule has 4 fully saturated rings. The molecule has 45 heavy (non-hydrogen) atoms. The maximum atomic E-state index is 13.7. The molecule has 4 bridgehead atoms. The van der Waals surface area contributed by atoms with Gasteiger partial charge < -0.3 is 27.0 Å². The van der Waals surface area contributed by atoms with Gasteiger partial charge in [0.05, 0.1) is 12.6 Å². The van der Waals surface area contributed by atoms with Crippen LogP contribution in [-0.2, 0) is 32.0 Å². The summed E-state index contributed by atoms with van der Waals surface area (Å²) < 4.78 is 0. The molecule has 0 unspecified atom stereocenters. The molecule has 0 heterocycles. The van der Waals surface area contributed by atoms with Crippen molar-refractivity contribution in [1.82, 2.24) is 21.3 Å². The molecule has 0 saturated heterocycles. The Hall–Kier alpha value is -3.37. The van der Waals surface area contributed by atoms with Crippen LogP contribution in [0.4, 0.5) is 0 Å². The van der Waals surface area contributed by atoms with Crippen molar-refractivity contribution in [2.75, 3.05) is 18.6 Å². The average Bonchev–Trinajstić information content (AvgIpc) is 3.03. The van der Waals surface area contributed by atoms with E-state index >= 15 is 0 Å². The molecule has 4 aliphatic carbocycles. The van der Waals surface area contributed by atoms with Crippen molar-refractivity contribution in [3.05, 3.63) is 71.8 Å². The molecular formula is C35H47N5O4S. The molecule has 10 heteroatoms. The number of carbonyl (C=O) groups is 4. The molecular weight excluding hydrogens is 586 g/mol. The Labute approximate surface area is 270 Å². The van der Waals surface area contributed by atoms with E-state index in [9.17, 15) is 19.2 Å². The number of nitrogens with one attached hydrogen (secondary N) is 4. The minimum Gasteiger partial charge on any atom is -0.351 e. The predicted molar refractivity (Wildman–Crippen MR) is 177 cm³/mol. The molecule has 4 aliphatic rings. The zero-order valence-corrected chi connectivity index (χ0v) is 26.9. The fraction of sp³-hybridized carbons (Fsp3) is 0.543. The van der Waals surface area contributed by atoms with E-state index < -0.39 is 35.8 Å². The van der Waals surface area contributed by atoms with Crippen LogP contribution in [0.1, 0.15) is 49.7 Å². The molecule has 242 valence electrons. The number of nitrogens with two attached hydrogens (primary N) is 1.